The van der Waals surface area contributed by atoms with Crippen LogP contribution in [0.1, 0.15) is 25.3 Å². The fourth-order valence-electron chi connectivity index (χ4n) is 1.52. The van der Waals surface area contributed by atoms with Gasteiger partial charge in [-0.05, 0) is 12.5 Å². The molecule has 0 saturated carbocycles. The minimum Gasteiger partial charge on any atom is -0.445 e. The van der Waals surface area contributed by atoms with Crippen molar-refractivity contribution in [1.82, 2.24) is 10.6 Å². The van der Waals surface area contributed by atoms with Crippen LogP contribution in [-0.4, -0.2) is 30.9 Å². The van der Waals surface area contributed by atoms with Gasteiger partial charge in [-0.1, -0.05) is 30.3 Å². The third kappa shape index (κ3) is 8.41. The van der Waals surface area contributed by atoms with Crippen LogP contribution in [0.2, 0.25) is 0 Å². The topological polar surface area (TPSA) is 84.5 Å². The van der Waals surface area contributed by atoms with Crippen LogP contribution >= 0.6 is 0 Å². The number of hydrogen-bond acceptors (Lipinski definition) is 4. The van der Waals surface area contributed by atoms with Crippen LogP contribution in [0, 0.1) is 0 Å². The molecule has 2 amide bonds. The number of rotatable bonds is 8. The largest absolute Gasteiger partial charge is 0.445 e. The zero-order valence-corrected chi connectivity index (χ0v) is 12.1. The van der Waals surface area contributed by atoms with E-state index in [0.29, 0.717) is 6.54 Å². The molecule has 0 radical (unpaired) electrons. The van der Waals surface area contributed by atoms with Crippen LogP contribution in [0.3, 0.4) is 0 Å². The number of benzene rings is 1. The van der Waals surface area contributed by atoms with Crippen molar-refractivity contribution < 1.29 is 19.1 Å². The average Bonchev–Trinajstić information content (AvgIpc) is 2.48. The van der Waals surface area contributed by atoms with E-state index in [4.69, 9.17) is 4.74 Å². The van der Waals surface area contributed by atoms with E-state index in [9.17, 15) is 14.4 Å². The fourth-order valence-corrected chi connectivity index (χ4v) is 1.52. The highest BCUT2D eigenvalue weighted by molar-refractivity contribution is 5.83. The van der Waals surface area contributed by atoms with Gasteiger partial charge in [-0.25, -0.2) is 4.79 Å². The zero-order valence-electron chi connectivity index (χ0n) is 12.1. The van der Waals surface area contributed by atoms with Gasteiger partial charge in [-0.15, -0.1) is 0 Å². The maximum absolute atomic E-state index is 11.4. The Morgan fingerprint density at radius 3 is 2.33 bits per heavy atom. The van der Waals surface area contributed by atoms with Gasteiger partial charge in [0.25, 0.3) is 0 Å². The van der Waals surface area contributed by atoms with Crippen molar-refractivity contribution in [3.8, 4) is 0 Å². The molecule has 114 valence electrons. The molecule has 0 heterocycles. The number of ketones is 1. The van der Waals surface area contributed by atoms with Crippen LogP contribution in [0.15, 0.2) is 30.3 Å². The summed E-state index contributed by atoms with van der Waals surface area (Å²) >= 11 is 0. The molecule has 0 atom stereocenters. The number of Topliss-reactive ketones (excluding diaryl/α,β-unsaturated/α-hetero) is 1. The van der Waals surface area contributed by atoms with Crippen molar-refractivity contribution in [3.63, 3.8) is 0 Å². The second kappa shape index (κ2) is 9.52. The zero-order chi connectivity index (χ0) is 15.5. The summed E-state index contributed by atoms with van der Waals surface area (Å²) in [5.74, 6) is -0.225. The van der Waals surface area contributed by atoms with Crippen LogP contribution in [-0.2, 0) is 20.9 Å². The summed E-state index contributed by atoms with van der Waals surface area (Å²) in [5, 5.41) is 5.14. The van der Waals surface area contributed by atoms with Crippen LogP contribution in [0.25, 0.3) is 0 Å². The van der Waals surface area contributed by atoms with Crippen LogP contribution < -0.4 is 10.6 Å². The van der Waals surface area contributed by atoms with Gasteiger partial charge in [0.15, 0.2) is 0 Å². The first kappa shape index (κ1) is 16.7. The lowest BCUT2D eigenvalue weighted by Crippen LogP contribution is -2.34. The Morgan fingerprint density at radius 1 is 1.00 bits per heavy atom. The molecule has 0 aliphatic heterocycles. The lowest BCUT2D eigenvalue weighted by Gasteiger charge is -2.08. The maximum Gasteiger partial charge on any atom is 0.407 e. The Labute approximate surface area is 123 Å². The first-order valence-electron chi connectivity index (χ1n) is 6.78. The lowest BCUT2D eigenvalue weighted by molar-refractivity contribution is -0.124. The molecule has 2 N–H and O–H groups in total. The number of carbonyl (C=O) groups is 3. The summed E-state index contributed by atoms with van der Waals surface area (Å²) < 4.78 is 5.01. The van der Waals surface area contributed by atoms with Crippen molar-refractivity contribution in [2.45, 2.75) is 26.4 Å². The smallest absolute Gasteiger partial charge is 0.407 e. The summed E-state index contributed by atoms with van der Waals surface area (Å²) in [5.41, 5.74) is 0.908. The summed E-state index contributed by atoms with van der Waals surface area (Å²) in [4.78, 5) is 33.4. The normalized spacial score (nSPS) is 9.76. The van der Waals surface area contributed by atoms with Gasteiger partial charge >= 0.3 is 6.09 Å². The number of amides is 2. The number of ether oxygens (including phenoxy) is 1. The molecular formula is C15H20N2O4. The molecule has 0 aliphatic carbocycles. The molecule has 0 fully saturated rings. The minimum atomic E-state index is -0.531. The van der Waals surface area contributed by atoms with E-state index < -0.39 is 6.09 Å². The van der Waals surface area contributed by atoms with Crippen molar-refractivity contribution in [3.05, 3.63) is 35.9 Å². The third-order valence-electron chi connectivity index (χ3n) is 2.63. The fraction of sp³-hybridized carbons (Fsp3) is 0.400. The third-order valence-corrected chi connectivity index (χ3v) is 2.63. The molecule has 0 spiro atoms. The van der Waals surface area contributed by atoms with Gasteiger partial charge in [0.1, 0.15) is 12.4 Å². The van der Waals surface area contributed by atoms with Crippen molar-refractivity contribution in [2.75, 3.05) is 13.1 Å². The highest BCUT2D eigenvalue weighted by atomic mass is 16.5. The Hall–Kier alpha value is -2.37. The van der Waals surface area contributed by atoms with Crippen LogP contribution in [0.4, 0.5) is 4.79 Å². The molecule has 0 aliphatic rings. The Morgan fingerprint density at radius 2 is 1.67 bits per heavy atom. The van der Waals surface area contributed by atoms with Gasteiger partial charge < -0.3 is 20.2 Å². The number of carbonyl (C=O) groups excluding carboxylic acids is 3. The Kier molecular flexibility index (Phi) is 7.56. The first-order chi connectivity index (χ1) is 10.1. The first-order valence-corrected chi connectivity index (χ1v) is 6.78. The number of hydrogen-bond donors (Lipinski definition) is 2. The standard InChI is InChI=1S/C15H20N2O4/c1-12(18)7-8-14(19)16-9-10-17-15(20)21-11-13-5-3-2-4-6-13/h2-6H,7-11H2,1H3,(H,16,19)(H,17,20). The van der Waals surface area contributed by atoms with Crippen molar-refractivity contribution in [1.29, 1.82) is 0 Å². The molecule has 6 nitrogen and oxygen atoms in total. The van der Waals surface area contributed by atoms with Crippen molar-refractivity contribution in [2.24, 2.45) is 0 Å². The predicted molar refractivity (Wildman–Crippen MR) is 77.6 cm³/mol. The highest BCUT2D eigenvalue weighted by Gasteiger charge is 2.04. The summed E-state index contributed by atoms with van der Waals surface area (Å²) in [6.07, 6.45) is -0.122. The van der Waals surface area contributed by atoms with E-state index in [-0.39, 0.29) is 37.7 Å². The van der Waals surface area contributed by atoms with E-state index in [1.807, 2.05) is 30.3 Å². The number of alkyl carbamates (subject to hydrolysis) is 1. The molecule has 0 aromatic heterocycles. The highest BCUT2D eigenvalue weighted by Crippen LogP contribution is 2.00. The van der Waals surface area contributed by atoms with Crippen LogP contribution in [0.5, 0.6) is 0 Å². The molecule has 0 bridgehead atoms. The maximum atomic E-state index is 11.4. The molecule has 6 heteroatoms. The monoisotopic (exact) mass is 292 g/mol. The predicted octanol–water partition coefficient (Wildman–Crippen LogP) is 1.40. The van der Waals surface area contributed by atoms with E-state index in [0.717, 1.165) is 5.56 Å². The molecule has 1 aromatic rings. The van der Waals surface area contributed by atoms with E-state index in [1.165, 1.54) is 6.92 Å². The van der Waals surface area contributed by atoms with E-state index in [2.05, 4.69) is 10.6 Å². The van der Waals surface area contributed by atoms with Gasteiger partial charge in [0.05, 0.1) is 0 Å². The van der Waals surface area contributed by atoms with Gasteiger partial charge in [-0.2, -0.15) is 0 Å². The summed E-state index contributed by atoms with van der Waals surface area (Å²) in [7, 11) is 0. The van der Waals surface area contributed by atoms with Gasteiger partial charge in [0, 0.05) is 25.9 Å². The molecule has 1 rings (SSSR count). The minimum absolute atomic E-state index is 0.0206. The second-order valence-electron chi connectivity index (χ2n) is 4.54. The van der Waals surface area contributed by atoms with E-state index in [1.54, 1.807) is 0 Å². The Bertz CT molecular complexity index is 474. The molecular weight excluding hydrogens is 272 g/mol. The van der Waals surface area contributed by atoms with Crippen molar-refractivity contribution >= 4 is 17.8 Å². The van der Waals surface area contributed by atoms with Gasteiger partial charge in [-0.3, -0.25) is 4.79 Å². The number of nitrogens with one attached hydrogen (secondary N) is 2. The molecule has 0 unspecified atom stereocenters. The SMILES string of the molecule is CC(=O)CCC(=O)NCCNC(=O)OCc1ccccc1. The Balaban J connectivity index is 2.05. The summed E-state index contributed by atoms with van der Waals surface area (Å²) in [6, 6.07) is 9.35. The van der Waals surface area contributed by atoms with Gasteiger partial charge in [0.2, 0.25) is 5.91 Å². The molecule has 0 saturated heterocycles. The quantitative estimate of drug-likeness (QED) is 0.709. The summed E-state index contributed by atoms with van der Waals surface area (Å²) in [6.45, 7) is 2.23. The lowest BCUT2D eigenvalue weighted by atomic mass is 10.2. The second-order valence-corrected chi connectivity index (χ2v) is 4.54. The van der Waals surface area contributed by atoms with E-state index >= 15 is 0 Å². The average molecular weight is 292 g/mol. The molecule has 21 heavy (non-hydrogen) atoms. The molecule has 1 aromatic carbocycles.